The highest BCUT2D eigenvalue weighted by Crippen LogP contribution is 2.45. The summed E-state index contributed by atoms with van der Waals surface area (Å²) >= 11 is 0. The lowest BCUT2D eigenvalue weighted by Gasteiger charge is -2.21. The third kappa shape index (κ3) is 69.6. The van der Waals surface area contributed by atoms with Gasteiger partial charge >= 0.3 is 33.6 Å². The first kappa shape index (κ1) is 89.5. The maximum absolute atomic E-state index is 12.9. The monoisotopic (exact) mass is 1350 g/mol. The van der Waals surface area contributed by atoms with Crippen LogP contribution in [0.5, 0.6) is 0 Å². The van der Waals surface area contributed by atoms with E-state index in [2.05, 4.69) is 118 Å². The van der Waals surface area contributed by atoms with Crippen LogP contribution in [0, 0.1) is 0 Å². The number of esters is 3. The van der Waals surface area contributed by atoms with Gasteiger partial charge in [0.25, 0.3) is 0 Å². The van der Waals surface area contributed by atoms with Crippen molar-refractivity contribution in [3.05, 3.63) is 97.2 Å². The molecule has 538 valence electrons. The molecule has 5 atom stereocenters. The van der Waals surface area contributed by atoms with Gasteiger partial charge in [0, 0.05) is 19.3 Å². The van der Waals surface area contributed by atoms with Crippen molar-refractivity contribution in [1.82, 2.24) is 0 Å². The van der Waals surface area contributed by atoms with Crippen LogP contribution in [0.1, 0.15) is 303 Å². The van der Waals surface area contributed by atoms with E-state index < -0.39 is 91.5 Å². The van der Waals surface area contributed by atoms with Gasteiger partial charge < -0.3 is 34.2 Å². The summed E-state index contributed by atoms with van der Waals surface area (Å²) in [5, 5.41) is 20.6. The average Bonchev–Trinajstić information content (AvgIpc) is 3.75. The Bertz CT molecular complexity index is 2080. The van der Waals surface area contributed by atoms with E-state index in [1.165, 1.54) is 103 Å². The first-order valence-electron chi connectivity index (χ1n) is 36.5. The van der Waals surface area contributed by atoms with E-state index in [9.17, 15) is 43.5 Å². The first-order valence-corrected chi connectivity index (χ1v) is 39.5. The van der Waals surface area contributed by atoms with Crippen LogP contribution in [0.3, 0.4) is 0 Å². The molecule has 0 fully saturated rings. The Labute approximate surface area is 565 Å². The quantitative estimate of drug-likeness (QED) is 0.0146. The number of carbonyl (C=O) groups excluding carboxylic acids is 3. The number of rotatable bonds is 69. The van der Waals surface area contributed by atoms with E-state index in [0.29, 0.717) is 19.3 Å². The number of aliphatic hydroxyl groups is 2. The Balaban J connectivity index is 4.62. The Morgan fingerprint density at radius 3 is 0.871 bits per heavy atom. The zero-order valence-electron chi connectivity index (χ0n) is 58.4. The number of hydrogen-bond acceptors (Lipinski definition) is 14. The molecule has 0 aliphatic rings. The van der Waals surface area contributed by atoms with Crippen molar-refractivity contribution < 1.29 is 75.8 Å². The van der Waals surface area contributed by atoms with Crippen molar-refractivity contribution in [2.24, 2.45) is 0 Å². The molecule has 5 unspecified atom stereocenters. The number of phosphoric ester groups is 2. The van der Waals surface area contributed by atoms with Gasteiger partial charge in [0.05, 0.1) is 26.4 Å². The molecule has 0 heterocycles. The minimum atomic E-state index is -4.93. The fraction of sp³-hybridized carbons (Fsp3) is 0.747. The normalized spacial score (nSPS) is 14.7. The van der Waals surface area contributed by atoms with Gasteiger partial charge in [-0.15, -0.1) is 0 Å². The van der Waals surface area contributed by atoms with Crippen molar-refractivity contribution in [3.63, 3.8) is 0 Å². The fourth-order valence-electron chi connectivity index (χ4n) is 9.66. The van der Waals surface area contributed by atoms with Crippen molar-refractivity contribution in [2.75, 3.05) is 39.6 Å². The van der Waals surface area contributed by atoms with Crippen LogP contribution in [0.4, 0.5) is 0 Å². The smallest absolute Gasteiger partial charge is 0.463 e. The molecule has 93 heavy (non-hydrogen) atoms. The van der Waals surface area contributed by atoms with Gasteiger partial charge in [0.2, 0.25) is 0 Å². The Kier molecular flexibility index (Phi) is 65.8. The molecule has 16 nitrogen and oxygen atoms in total. The number of ether oxygens (including phenoxy) is 3. The molecule has 0 amide bonds. The second-order valence-corrected chi connectivity index (χ2v) is 27.3. The van der Waals surface area contributed by atoms with Gasteiger partial charge in [-0.2, -0.15) is 0 Å². The zero-order valence-corrected chi connectivity index (χ0v) is 60.2. The molecule has 0 aromatic heterocycles. The number of carbonyl (C=O) groups is 3. The molecule has 0 spiro atoms. The molecule has 0 aromatic rings. The SMILES string of the molecule is CCCCC/C=C\C/C=C\C/C=C\C/C=C\CCCCCCCCCC(=O)OCC(O)COP(=O)(O)OCC(O)COP(=O)(O)OCC(COC(=O)CCCCCCC/C=C\C/C=C\C/C=C\C/C=C\CCCCC)OC(=O)CCCCCCCCCCCCCCC. The van der Waals surface area contributed by atoms with E-state index in [-0.39, 0.29) is 19.3 Å². The van der Waals surface area contributed by atoms with Crippen LogP contribution < -0.4 is 0 Å². The summed E-state index contributed by atoms with van der Waals surface area (Å²) < 4.78 is 61.0. The van der Waals surface area contributed by atoms with Gasteiger partial charge in [-0.1, -0.05) is 272 Å². The maximum Gasteiger partial charge on any atom is 0.472 e. The molecule has 18 heteroatoms. The first-order chi connectivity index (χ1) is 45.2. The molecule has 0 radical (unpaired) electrons. The molecular weight excluding hydrogens is 1220 g/mol. The van der Waals surface area contributed by atoms with Crippen molar-refractivity contribution in [2.45, 2.75) is 322 Å². The highest BCUT2D eigenvalue weighted by Gasteiger charge is 2.29. The molecule has 0 saturated heterocycles. The van der Waals surface area contributed by atoms with Crippen LogP contribution >= 0.6 is 15.6 Å². The summed E-state index contributed by atoms with van der Waals surface area (Å²) in [6, 6.07) is 0. The third-order valence-electron chi connectivity index (χ3n) is 15.3. The van der Waals surface area contributed by atoms with Crippen molar-refractivity contribution >= 4 is 33.6 Å². The van der Waals surface area contributed by atoms with E-state index in [4.69, 9.17) is 32.3 Å². The van der Waals surface area contributed by atoms with Gasteiger partial charge in [-0.3, -0.25) is 32.5 Å². The lowest BCUT2D eigenvalue weighted by molar-refractivity contribution is -0.161. The van der Waals surface area contributed by atoms with Crippen LogP contribution in [0.25, 0.3) is 0 Å². The molecular formula is C75H132O16P2. The van der Waals surface area contributed by atoms with Gasteiger partial charge in [-0.25, -0.2) is 9.13 Å². The molecule has 0 bridgehead atoms. The van der Waals surface area contributed by atoms with E-state index >= 15 is 0 Å². The molecule has 0 rings (SSSR count). The molecule has 4 N–H and O–H groups in total. The predicted octanol–water partition coefficient (Wildman–Crippen LogP) is 20.6. The second-order valence-electron chi connectivity index (χ2n) is 24.4. The summed E-state index contributed by atoms with van der Waals surface area (Å²) in [6.07, 6.45) is 75.9. The summed E-state index contributed by atoms with van der Waals surface area (Å²) in [7, 11) is -9.78. The topological polar surface area (TPSA) is 231 Å². The third-order valence-corrected chi connectivity index (χ3v) is 17.2. The van der Waals surface area contributed by atoms with E-state index in [1.807, 2.05) is 0 Å². The number of allylic oxidation sites excluding steroid dienone is 16. The minimum absolute atomic E-state index is 0.102. The maximum atomic E-state index is 12.9. The Morgan fingerprint density at radius 1 is 0.301 bits per heavy atom. The van der Waals surface area contributed by atoms with E-state index in [1.54, 1.807) is 0 Å². The summed E-state index contributed by atoms with van der Waals surface area (Å²) in [5.74, 6) is -1.60. The van der Waals surface area contributed by atoms with Gasteiger partial charge in [0.15, 0.2) is 6.10 Å². The van der Waals surface area contributed by atoms with Crippen LogP contribution in [-0.4, -0.2) is 95.9 Å². The van der Waals surface area contributed by atoms with Gasteiger partial charge in [0.1, 0.15) is 25.4 Å². The average molecular weight is 1350 g/mol. The fourth-order valence-corrected chi connectivity index (χ4v) is 11.2. The van der Waals surface area contributed by atoms with Crippen LogP contribution in [0.15, 0.2) is 97.2 Å². The summed E-state index contributed by atoms with van der Waals surface area (Å²) in [6.45, 7) is 2.60. The summed E-state index contributed by atoms with van der Waals surface area (Å²) in [4.78, 5) is 58.5. The zero-order chi connectivity index (χ0) is 68.1. The molecule has 0 saturated carbocycles. The number of hydrogen-bond donors (Lipinski definition) is 4. The number of unbranched alkanes of at least 4 members (excludes halogenated alkanes) is 30. The van der Waals surface area contributed by atoms with Crippen molar-refractivity contribution in [1.29, 1.82) is 0 Å². The van der Waals surface area contributed by atoms with Crippen LogP contribution in [-0.2, 0) is 55.8 Å². The summed E-state index contributed by atoms with van der Waals surface area (Å²) in [5.41, 5.74) is 0. The molecule has 0 aliphatic carbocycles. The second kappa shape index (κ2) is 68.4. The van der Waals surface area contributed by atoms with Crippen LogP contribution in [0.2, 0.25) is 0 Å². The number of aliphatic hydroxyl groups excluding tert-OH is 2. The molecule has 0 aromatic carbocycles. The van der Waals surface area contributed by atoms with E-state index in [0.717, 1.165) is 141 Å². The lowest BCUT2D eigenvalue weighted by Crippen LogP contribution is -2.30. The standard InChI is InChI=1S/C75H132O16P2/c1-4-7-10-13-16-19-22-25-27-29-31-33-34-36-38-39-41-44-46-49-52-55-58-61-73(78)85-64-70(76)65-87-92(81,82)88-66-71(77)67-89-93(83,84)90-69-72(91-75(80)63-60-57-54-51-48-43-24-21-18-15-12-9-6-3)68-86-74(79)62-59-56-53-50-47-45-42-40-37-35-32-30-28-26-23-20-17-14-11-8-5-2/h16-17,19-20,25-28,31-33,35-36,38,40,42,70-72,76-77H,4-15,18,21-24,29-30,34,37,39,41,43-69H2,1-3H3,(H,81,82)(H,83,84)/b19-16-,20-17-,27-25-,28-26-,33-31-,35-32-,38-36-,42-40-. The largest absolute Gasteiger partial charge is 0.472 e. The number of phosphoric acid groups is 2. The van der Waals surface area contributed by atoms with Gasteiger partial charge in [-0.05, 0) is 109 Å². The highest BCUT2D eigenvalue weighted by atomic mass is 31.2. The Hall–Kier alpha value is -3.53. The van der Waals surface area contributed by atoms with Crippen molar-refractivity contribution in [3.8, 4) is 0 Å². The lowest BCUT2D eigenvalue weighted by atomic mass is 10.0. The predicted molar refractivity (Wildman–Crippen MR) is 381 cm³/mol. The minimum Gasteiger partial charge on any atom is -0.463 e. The Morgan fingerprint density at radius 2 is 0.538 bits per heavy atom. The highest BCUT2D eigenvalue weighted by molar-refractivity contribution is 7.47. The molecule has 0 aliphatic heterocycles.